The van der Waals surface area contributed by atoms with Gasteiger partial charge in [-0.05, 0) is 33.6 Å². The predicted molar refractivity (Wildman–Crippen MR) is 50.5 cm³/mol. The maximum atomic E-state index is 11.5. The van der Waals surface area contributed by atoms with Crippen LogP contribution in [0.2, 0.25) is 0 Å². The second-order valence-electron chi connectivity index (χ2n) is 5.36. The SMILES string of the molecule is CC(C)(C)O[C@@H]1CC(=O)C12CCC2. The van der Waals surface area contributed by atoms with E-state index < -0.39 is 0 Å². The van der Waals surface area contributed by atoms with Crippen molar-refractivity contribution in [3.8, 4) is 0 Å². The second kappa shape index (κ2) is 2.57. The molecular weight excluding hydrogens is 164 g/mol. The molecule has 0 bridgehead atoms. The smallest absolute Gasteiger partial charge is 0.144 e. The van der Waals surface area contributed by atoms with E-state index in [0.29, 0.717) is 12.2 Å². The number of ether oxygens (including phenoxy) is 1. The summed E-state index contributed by atoms with van der Waals surface area (Å²) in [5.41, 5.74) is -0.138. The van der Waals surface area contributed by atoms with Gasteiger partial charge in [-0.3, -0.25) is 4.79 Å². The maximum absolute atomic E-state index is 11.5. The Hall–Kier alpha value is -0.370. The summed E-state index contributed by atoms with van der Waals surface area (Å²) in [5, 5.41) is 0. The fourth-order valence-corrected chi connectivity index (χ4v) is 2.36. The van der Waals surface area contributed by atoms with Crippen LogP contribution < -0.4 is 0 Å². The van der Waals surface area contributed by atoms with Gasteiger partial charge < -0.3 is 4.74 Å². The number of rotatable bonds is 1. The van der Waals surface area contributed by atoms with Crippen LogP contribution in [0.1, 0.15) is 46.5 Å². The number of hydrogen-bond donors (Lipinski definition) is 0. The van der Waals surface area contributed by atoms with E-state index in [4.69, 9.17) is 4.74 Å². The molecule has 0 aromatic carbocycles. The third-order valence-corrected chi connectivity index (χ3v) is 3.28. The van der Waals surface area contributed by atoms with E-state index in [1.165, 1.54) is 6.42 Å². The minimum atomic E-state index is -0.103. The van der Waals surface area contributed by atoms with E-state index in [9.17, 15) is 4.79 Å². The Labute approximate surface area is 79.7 Å². The second-order valence-corrected chi connectivity index (χ2v) is 5.36. The van der Waals surface area contributed by atoms with Gasteiger partial charge in [0.15, 0.2) is 0 Å². The number of hydrogen-bond acceptors (Lipinski definition) is 2. The van der Waals surface area contributed by atoms with Crippen molar-refractivity contribution in [2.45, 2.75) is 58.2 Å². The van der Waals surface area contributed by atoms with Crippen molar-refractivity contribution in [3.63, 3.8) is 0 Å². The first-order valence-electron chi connectivity index (χ1n) is 5.15. The molecule has 0 heterocycles. The van der Waals surface area contributed by atoms with Gasteiger partial charge in [-0.1, -0.05) is 6.42 Å². The van der Waals surface area contributed by atoms with Crippen LogP contribution in [0.15, 0.2) is 0 Å². The molecule has 0 aliphatic heterocycles. The van der Waals surface area contributed by atoms with Crippen molar-refractivity contribution in [3.05, 3.63) is 0 Å². The normalized spacial score (nSPS) is 31.3. The zero-order valence-electron chi connectivity index (χ0n) is 8.72. The molecule has 74 valence electrons. The van der Waals surface area contributed by atoms with Gasteiger partial charge in [0.2, 0.25) is 0 Å². The number of carbonyl (C=O) groups excluding carboxylic acids is 1. The summed E-state index contributed by atoms with van der Waals surface area (Å²) in [7, 11) is 0. The standard InChI is InChI=1S/C11H18O2/c1-10(2,3)13-9-7-8(12)11(9)5-4-6-11/h9H,4-7H2,1-3H3/t9-/m1/s1. The number of Topliss-reactive ketones (excluding diaryl/α,β-unsaturated/α-hetero) is 1. The highest BCUT2D eigenvalue weighted by Gasteiger charge is 2.59. The Kier molecular flexibility index (Phi) is 1.82. The molecule has 0 amide bonds. The summed E-state index contributed by atoms with van der Waals surface area (Å²) >= 11 is 0. The molecule has 0 saturated heterocycles. The third kappa shape index (κ3) is 1.32. The minimum absolute atomic E-state index is 0.0344. The molecule has 0 N–H and O–H groups in total. The van der Waals surface area contributed by atoms with Crippen molar-refractivity contribution >= 4 is 5.78 Å². The minimum Gasteiger partial charge on any atom is -0.371 e. The van der Waals surface area contributed by atoms with Crippen LogP contribution >= 0.6 is 0 Å². The lowest BCUT2D eigenvalue weighted by Gasteiger charge is -2.54. The summed E-state index contributed by atoms with van der Waals surface area (Å²) in [5.74, 6) is 0.438. The van der Waals surface area contributed by atoms with Crippen LogP contribution in [-0.2, 0) is 9.53 Å². The van der Waals surface area contributed by atoms with Crippen LogP contribution in [-0.4, -0.2) is 17.5 Å². The molecule has 2 aliphatic rings. The highest BCUT2D eigenvalue weighted by Crippen LogP contribution is 2.55. The maximum Gasteiger partial charge on any atom is 0.144 e. The summed E-state index contributed by atoms with van der Waals surface area (Å²) in [4.78, 5) is 11.5. The van der Waals surface area contributed by atoms with Crippen molar-refractivity contribution < 1.29 is 9.53 Å². The highest BCUT2D eigenvalue weighted by molar-refractivity contribution is 5.93. The zero-order valence-corrected chi connectivity index (χ0v) is 8.72. The Morgan fingerprint density at radius 1 is 1.38 bits per heavy atom. The predicted octanol–water partition coefficient (Wildman–Crippen LogP) is 2.31. The first kappa shape index (κ1) is 9.20. The third-order valence-electron chi connectivity index (χ3n) is 3.28. The Morgan fingerprint density at radius 2 is 2.00 bits per heavy atom. The summed E-state index contributed by atoms with van der Waals surface area (Å²) in [6, 6.07) is 0. The summed E-state index contributed by atoms with van der Waals surface area (Å²) in [6.45, 7) is 6.17. The molecule has 0 aromatic heterocycles. The first-order chi connectivity index (χ1) is 5.94. The van der Waals surface area contributed by atoms with Crippen LogP contribution in [0, 0.1) is 5.41 Å². The fraction of sp³-hybridized carbons (Fsp3) is 0.909. The van der Waals surface area contributed by atoms with E-state index >= 15 is 0 Å². The van der Waals surface area contributed by atoms with Crippen molar-refractivity contribution in [1.82, 2.24) is 0 Å². The number of ketones is 1. The molecule has 0 radical (unpaired) electrons. The van der Waals surface area contributed by atoms with E-state index in [-0.39, 0.29) is 17.1 Å². The lowest BCUT2D eigenvalue weighted by molar-refractivity contribution is -0.197. The van der Waals surface area contributed by atoms with E-state index in [1.54, 1.807) is 0 Å². The molecule has 1 spiro atoms. The quantitative estimate of drug-likeness (QED) is 0.622. The molecule has 2 saturated carbocycles. The van der Waals surface area contributed by atoms with Crippen LogP contribution in [0.4, 0.5) is 0 Å². The molecule has 2 nitrogen and oxygen atoms in total. The molecule has 0 unspecified atom stereocenters. The molecule has 2 aliphatic carbocycles. The molecule has 2 rings (SSSR count). The summed E-state index contributed by atoms with van der Waals surface area (Å²) < 4.78 is 5.88. The van der Waals surface area contributed by atoms with Crippen LogP contribution in [0.5, 0.6) is 0 Å². The average molecular weight is 182 g/mol. The average Bonchev–Trinajstić information content (AvgIpc) is 1.78. The number of carbonyl (C=O) groups is 1. The topological polar surface area (TPSA) is 26.3 Å². The van der Waals surface area contributed by atoms with Gasteiger partial charge in [0.05, 0.1) is 17.1 Å². The van der Waals surface area contributed by atoms with Crippen molar-refractivity contribution in [2.75, 3.05) is 0 Å². The van der Waals surface area contributed by atoms with Gasteiger partial charge >= 0.3 is 0 Å². The van der Waals surface area contributed by atoms with Gasteiger partial charge in [-0.2, -0.15) is 0 Å². The molecule has 2 heteroatoms. The van der Waals surface area contributed by atoms with E-state index in [1.807, 2.05) is 0 Å². The van der Waals surface area contributed by atoms with Crippen LogP contribution in [0.25, 0.3) is 0 Å². The van der Waals surface area contributed by atoms with E-state index in [0.717, 1.165) is 12.8 Å². The Bertz CT molecular complexity index is 233. The van der Waals surface area contributed by atoms with Crippen LogP contribution in [0.3, 0.4) is 0 Å². The van der Waals surface area contributed by atoms with Gasteiger partial charge in [0, 0.05) is 6.42 Å². The first-order valence-corrected chi connectivity index (χ1v) is 5.15. The van der Waals surface area contributed by atoms with Gasteiger partial charge in [0.25, 0.3) is 0 Å². The highest BCUT2D eigenvalue weighted by atomic mass is 16.5. The van der Waals surface area contributed by atoms with Gasteiger partial charge in [-0.15, -0.1) is 0 Å². The lowest BCUT2D eigenvalue weighted by Crippen LogP contribution is -2.60. The fourth-order valence-electron chi connectivity index (χ4n) is 2.36. The van der Waals surface area contributed by atoms with Crippen molar-refractivity contribution in [2.24, 2.45) is 5.41 Å². The van der Waals surface area contributed by atoms with Crippen molar-refractivity contribution in [1.29, 1.82) is 0 Å². The largest absolute Gasteiger partial charge is 0.371 e. The molecule has 13 heavy (non-hydrogen) atoms. The monoisotopic (exact) mass is 182 g/mol. The molecular formula is C11H18O2. The molecule has 1 atom stereocenters. The Balaban J connectivity index is 1.99. The van der Waals surface area contributed by atoms with Gasteiger partial charge in [0.1, 0.15) is 5.78 Å². The lowest BCUT2D eigenvalue weighted by atomic mass is 9.53. The Morgan fingerprint density at radius 3 is 2.31 bits per heavy atom. The molecule has 0 aromatic rings. The molecule has 2 fully saturated rings. The zero-order chi connectivity index (χ0) is 9.69. The van der Waals surface area contributed by atoms with E-state index in [2.05, 4.69) is 20.8 Å². The summed E-state index contributed by atoms with van der Waals surface area (Å²) in [6.07, 6.45) is 4.19. The van der Waals surface area contributed by atoms with Gasteiger partial charge in [-0.25, -0.2) is 0 Å².